The first-order chi connectivity index (χ1) is 4.30. The largest absolute Gasteiger partial charge is 0.151 e. The van der Waals surface area contributed by atoms with E-state index in [1.165, 1.54) is 5.56 Å². The van der Waals surface area contributed by atoms with Crippen molar-refractivity contribution >= 4 is 22.9 Å². The molecule has 0 radical (unpaired) electrons. The van der Waals surface area contributed by atoms with Crippen molar-refractivity contribution < 1.29 is 0 Å². The minimum absolute atomic E-state index is 0.880. The van der Waals surface area contributed by atoms with Gasteiger partial charge in [-0.25, -0.2) is 0 Å². The molecule has 9 heavy (non-hydrogen) atoms. The number of hydrogen-bond donors (Lipinski definition) is 0. The first-order valence-corrected chi connectivity index (χ1v) is 4.31. The van der Waals surface area contributed by atoms with E-state index in [9.17, 15) is 0 Å². The number of aryl methyl sites for hydroxylation is 1. The van der Waals surface area contributed by atoms with Crippen LogP contribution in [0.3, 0.4) is 0 Å². The topological polar surface area (TPSA) is 0 Å². The Morgan fingerprint density at radius 2 is 1.89 bits per heavy atom. The van der Waals surface area contributed by atoms with Crippen molar-refractivity contribution in [3.63, 3.8) is 0 Å². The monoisotopic (exact) mass is 162 g/mol. The van der Waals surface area contributed by atoms with Crippen LogP contribution in [0.25, 0.3) is 0 Å². The smallest absolute Gasteiger partial charge is 0.0542 e. The minimum Gasteiger partial charge on any atom is -0.151 e. The van der Waals surface area contributed by atoms with Crippen LogP contribution in [0, 0.1) is 6.92 Å². The second-order valence-corrected chi connectivity index (χ2v) is 2.55. The Morgan fingerprint density at radius 1 is 1.33 bits per heavy atom. The second kappa shape index (κ2) is 4.83. The van der Waals surface area contributed by atoms with Crippen molar-refractivity contribution in [1.29, 1.82) is 0 Å². The van der Waals surface area contributed by atoms with E-state index in [2.05, 4.69) is 0 Å². The minimum atomic E-state index is 0.880. The predicted molar refractivity (Wildman–Crippen MR) is 45.4 cm³/mol. The summed E-state index contributed by atoms with van der Waals surface area (Å²) in [6.07, 6.45) is 0. The van der Waals surface area contributed by atoms with Gasteiger partial charge in [-0.05, 0) is 17.9 Å². The van der Waals surface area contributed by atoms with Gasteiger partial charge in [0.05, 0.1) is 5.02 Å². The Hall–Kier alpha value is -0.0100. The van der Waals surface area contributed by atoms with Crippen LogP contribution in [0.1, 0.15) is 19.4 Å². The van der Waals surface area contributed by atoms with Crippen molar-refractivity contribution in [3.8, 4) is 0 Å². The summed E-state index contributed by atoms with van der Waals surface area (Å²) in [7, 11) is 0. The van der Waals surface area contributed by atoms with Crippen LogP contribution in [-0.4, -0.2) is 0 Å². The zero-order valence-corrected chi connectivity index (χ0v) is 7.51. The third-order valence-electron chi connectivity index (χ3n) is 0.793. The Labute approximate surface area is 65.5 Å². The molecule has 0 nitrogen and oxygen atoms in total. The highest BCUT2D eigenvalue weighted by atomic mass is 35.5. The number of hydrogen-bond acceptors (Lipinski definition) is 1. The van der Waals surface area contributed by atoms with Crippen molar-refractivity contribution in [1.82, 2.24) is 0 Å². The molecule has 0 unspecified atom stereocenters. The standard InChI is InChI=1S/C5H5ClS.C2H6/c1-4-2-7-3-5(4)6;1-2/h2-3H,1H3;1-2H3. The molecule has 0 spiro atoms. The molecule has 1 rings (SSSR count). The third-order valence-corrected chi connectivity index (χ3v) is 2.19. The highest BCUT2D eigenvalue weighted by Gasteiger charge is 1.89. The van der Waals surface area contributed by atoms with Gasteiger partial charge >= 0.3 is 0 Å². The van der Waals surface area contributed by atoms with Crippen molar-refractivity contribution in [3.05, 3.63) is 21.3 Å². The average molecular weight is 163 g/mol. The first kappa shape index (κ1) is 8.99. The molecule has 0 amide bonds. The molecule has 0 saturated heterocycles. The van der Waals surface area contributed by atoms with Crippen LogP contribution in [0.15, 0.2) is 10.8 Å². The fourth-order valence-electron chi connectivity index (χ4n) is 0.345. The van der Waals surface area contributed by atoms with Gasteiger partial charge in [0.15, 0.2) is 0 Å². The molecule has 0 fully saturated rings. The van der Waals surface area contributed by atoms with Crippen molar-refractivity contribution in [2.45, 2.75) is 20.8 Å². The van der Waals surface area contributed by atoms with Crippen LogP contribution >= 0.6 is 22.9 Å². The molecule has 1 aromatic heterocycles. The van der Waals surface area contributed by atoms with Crippen LogP contribution in [0.5, 0.6) is 0 Å². The lowest BCUT2D eigenvalue weighted by Crippen LogP contribution is -1.55. The molecule has 0 N–H and O–H groups in total. The van der Waals surface area contributed by atoms with Gasteiger partial charge in [-0.2, -0.15) is 11.3 Å². The Kier molecular flexibility index (Phi) is 4.83. The van der Waals surface area contributed by atoms with Crippen LogP contribution < -0.4 is 0 Å². The normalized spacial score (nSPS) is 8.00. The van der Waals surface area contributed by atoms with Gasteiger partial charge in [-0.3, -0.25) is 0 Å². The molecule has 0 aliphatic heterocycles. The van der Waals surface area contributed by atoms with Crippen molar-refractivity contribution in [2.75, 3.05) is 0 Å². The molecule has 0 bridgehead atoms. The Morgan fingerprint density at radius 3 is 2.00 bits per heavy atom. The second-order valence-electron chi connectivity index (χ2n) is 1.40. The maximum absolute atomic E-state index is 5.63. The lowest BCUT2D eigenvalue weighted by atomic mass is 10.4. The van der Waals surface area contributed by atoms with E-state index in [-0.39, 0.29) is 0 Å². The van der Waals surface area contributed by atoms with Crippen LogP contribution in [0.4, 0.5) is 0 Å². The summed E-state index contributed by atoms with van der Waals surface area (Å²) in [4.78, 5) is 0. The van der Waals surface area contributed by atoms with Gasteiger partial charge < -0.3 is 0 Å². The zero-order chi connectivity index (χ0) is 7.28. The van der Waals surface area contributed by atoms with E-state index >= 15 is 0 Å². The van der Waals surface area contributed by atoms with E-state index in [0.29, 0.717) is 0 Å². The average Bonchev–Trinajstić information content (AvgIpc) is 2.23. The summed E-state index contributed by atoms with van der Waals surface area (Å²) >= 11 is 7.27. The molecule has 0 aliphatic carbocycles. The van der Waals surface area contributed by atoms with Crippen molar-refractivity contribution in [2.24, 2.45) is 0 Å². The summed E-state index contributed by atoms with van der Waals surface area (Å²) in [6.45, 7) is 6.00. The van der Waals surface area contributed by atoms with Crippen LogP contribution in [-0.2, 0) is 0 Å². The molecular weight excluding hydrogens is 152 g/mol. The quantitative estimate of drug-likeness (QED) is 0.545. The molecule has 2 heteroatoms. The van der Waals surface area contributed by atoms with Gasteiger partial charge in [0.1, 0.15) is 0 Å². The SMILES string of the molecule is CC.Cc1cscc1Cl. The molecule has 1 heterocycles. The van der Waals surface area contributed by atoms with E-state index in [1.54, 1.807) is 11.3 Å². The fraction of sp³-hybridized carbons (Fsp3) is 0.429. The summed E-state index contributed by atoms with van der Waals surface area (Å²) in [5, 5.41) is 4.84. The van der Waals surface area contributed by atoms with Gasteiger partial charge in [0, 0.05) is 5.38 Å². The molecule has 1 aromatic rings. The van der Waals surface area contributed by atoms with Gasteiger partial charge in [0.2, 0.25) is 0 Å². The lowest BCUT2D eigenvalue weighted by molar-refractivity contribution is 1.50. The molecule has 0 saturated carbocycles. The predicted octanol–water partition coefficient (Wildman–Crippen LogP) is 3.74. The van der Waals surface area contributed by atoms with E-state index in [0.717, 1.165) is 5.02 Å². The molecule has 0 atom stereocenters. The number of rotatable bonds is 0. The molecule has 0 aliphatic rings. The van der Waals surface area contributed by atoms with Gasteiger partial charge in [-0.1, -0.05) is 25.4 Å². The molecule has 0 aromatic carbocycles. The summed E-state index contributed by atoms with van der Waals surface area (Å²) < 4.78 is 0. The van der Waals surface area contributed by atoms with Gasteiger partial charge in [-0.15, -0.1) is 0 Å². The zero-order valence-electron chi connectivity index (χ0n) is 5.94. The van der Waals surface area contributed by atoms with E-state index < -0.39 is 0 Å². The first-order valence-electron chi connectivity index (χ1n) is 2.99. The molecule has 52 valence electrons. The summed E-state index contributed by atoms with van der Waals surface area (Å²) in [5.41, 5.74) is 1.17. The number of halogens is 1. The maximum Gasteiger partial charge on any atom is 0.0542 e. The highest BCUT2D eigenvalue weighted by molar-refractivity contribution is 7.08. The Balaban J connectivity index is 0.000000291. The summed E-state index contributed by atoms with van der Waals surface area (Å²) in [6, 6.07) is 0. The Bertz CT molecular complexity index is 141. The highest BCUT2D eigenvalue weighted by Crippen LogP contribution is 2.18. The third kappa shape index (κ3) is 2.87. The van der Waals surface area contributed by atoms with E-state index in [4.69, 9.17) is 11.6 Å². The number of thiophene rings is 1. The lowest BCUT2D eigenvalue weighted by Gasteiger charge is -1.76. The fourth-order valence-corrected chi connectivity index (χ4v) is 1.32. The van der Waals surface area contributed by atoms with Crippen LogP contribution in [0.2, 0.25) is 5.02 Å². The maximum atomic E-state index is 5.63. The van der Waals surface area contributed by atoms with Gasteiger partial charge in [0.25, 0.3) is 0 Å². The summed E-state index contributed by atoms with van der Waals surface area (Å²) in [5.74, 6) is 0. The molecular formula is C7H11ClS. The van der Waals surface area contributed by atoms with E-state index in [1.807, 2.05) is 31.5 Å².